The third kappa shape index (κ3) is 3.71. The molecule has 0 aliphatic carbocycles. The fourth-order valence-corrected chi connectivity index (χ4v) is 1.49. The lowest BCUT2D eigenvalue weighted by Gasteiger charge is -2.24. The lowest BCUT2D eigenvalue weighted by molar-refractivity contribution is -0.158. The second kappa shape index (κ2) is 6.22. The molecule has 19 heavy (non-hydrogen) atoms. The maximum absolute atomic E-state index is 11.7. The van der Waals surface area contributed by atoms with Crippen LogP contribution < -0.4 is 9.47 Å². The summed E-state index contributed by atoms with van der Waals surface area (Å²) in [4.78, 5) is 22.5. The number of hydrogen-bond acceptors (Lipinski definition) is 5. The van der Waals surface area contributed by atoms with E-state index in [2.05, 4.69) is 0 Å². The van der Waals surface area contributed by atoms with Crippen molar-refractivity contribution in [2.45, 2.75) is 26.4 Å². The van der Waals surface area contributed by atoms with Crippen molar-refractivity contribution >= 4 is 12.3 Å². The third-order valence-electron chi connectivity index (χ3n) is 2.47. The summed E-state index contributed by atoms with van der Waals surface area (Å²) in [5.74, 6) is 0.376. The second-order valence-corrected chi connectivity index (χ2v) is 4.35. The number of carbonyl (C=O) groups is 2. The molecule has 5 nitrogen and oxygen atoms in total. The van der Waals surface area contributed by atoms with Crippen molar-refractivity contribution in [1.29, 1.82) is 0 Å². The maximum atomic E-state index is 11.7. The van der Waals surface area contributed by atoms with Crippen molar-refractivity contribution in [2.75, 3.05) is 13.7 Å². The molecule has 104 valence electrons. The summed E-state index contributed by atoms with van der Waals surface area (Å²) in [5, 5.41) is 0. The Morgan fingerprint density at radius 3 is 2.58 bits per heavy atom. The lowest BCUT2D eigenvalue weighted by Crippen LogP contribution is -2.39. The molecule has 0 aromatic heterocycles. The molecule has 1 rings (SSSR count). The molecule has 0 saturated carbocycles. The van der Waals surface area contributed by atoms with Crippen molar-refractivity contribution in [3.8, 4) is 11.5 Å². The first-order valence-electron chi connectivity index (χ1n) is 5.94. The van der Waals surface area contributed by atoms with Crippen molar-refractivity contribution < 1.29 is 23.8 Å². The van der Waals surface area contributed by atoms with Gasteiger partial charge in [0, 0.05) is 6.07 Å². The molecule has 0 aliphatic rings. The Morgan fingerprint density at radius 1 is 1.37 bits per heavy atom. The lowest BCUT2D eigenvalue weighted by atomic mass is 10.1. The average molecular weight is 266 g/mol. The van der Waals surface area contributed by atoms with E-state index in [0.29, 0.717) is 30.0 Å². The summed E-state index contributed by atoms with van der Waals surface area (Å²) < 4.78 is 15.6. The van der Waals surface area contributed by atoms with E-state index in [1.54, 1.807) is 39.0 Å². The molecule has 0 heterocycles. The van der Waals surface area contributed by atoms with Crippen molar-refractivity contribution in [2.24, 2.45) is 0 Å². The maximum Gasteiger partial charge on any atom is 0.349 e. The summed E-state index contributed by atoms with van der Waals surface area (Å²) in [6.45, 7) is 5.26. The highest BCUT2D eigenvalue weighted by Gasteiger charge is 2.31. The minimum absolute atomic E-state index is 0.291. The molecular weight excluding hydrogens is 248 g/mol. The summed E-state index contributed by atoms with van der Waals surface area (Å²) in [6.07, 6.45) is 0.694. The zero-order chi connectivity index (χ0) is 14.5. The predicted molar refractivity (Wildman–Crippen MR) is 69.7 cm³/mol. The Balaban J connectivity index is 2.93. The molecule has 0 radical (unpaired) electrons. The Hall–Kier alpha value is -2.04. The summed E-state index contributed by atoms with van der Waals surface area (Å²) in [5.41, 5.74) is -0.687. The van der Waals surface area contributed by atoms with Gasteiger partial charge in [0.15, 0.2) is 11.9 Å². The predicted octanol–water partition coefficient (Wildman–Crippen LogP) is 2.23. The zero-order valence-corrected chi connectivity index (χ0v) is 11.6. The van der Waals surface area contributed by atoms with Crippen LogP contribution in [0.25, 0.3) is 0 Å². The number of ether oxygens (including phenoxy) is 3. The first-order valence-corrected chi connectivity index (χ1v) is 5.94. The van der Waals surface area contributed by atoms with E-state index in [1.165, 1.54) is 7.11 Å². The minimum Gasteiger partial charge on any atom is -0.496 e. The van der Waals surface area contributed by atoms with Gasteiger partial charge in [-0.3, -0.25) is 4.79 Å². The van der Waals surface area contributed by atoms with Crippen LogP contribution in [0, 0.1) is 0 Å². The van der Waals surface area contributed by atoms with Gasteiger partial charge in [0.2, 0.25) is 0 Å². The van der Waals surface area contributed by atoms with Gasteiger partial charge < -0.3 is 14.2 Å². The topological polar surface area (TPSA) is 61.8 Å². The number of rotatable bonds is 6. The van der Waals surface area contributed by atoms with Gasteiger partial charge >= 0.3 is 5.97 Å². The number of methoxy groups -OCH3 is 1. The highest BCUT2D eigenvalue weighted by atomic mass is 16.6. The number of hydrogen-bond donors (Lipinski definition) is 0. The van der Waals surface area contributed by atoms with E-state index < -0.39 is 11.6 Å². The summed E-state index contributed by atoms with van der Waals surface area (Å²) in [6, 6.07) is 4.74. The van der Waals surface area contributed by atoms with Gasteiger partial charge in [-0.25, -0.2) is 4.79 Å². The smallest absolute Gasteiger partial charge is 0.349 e. The second-order valence-electron chi connectivity index (χ2n) is 4.35. The van der Waals surface area contributed by atoms with E-state index in [-0.39, 0.29) is 0 Å². The van der Waals surface area contributed by atoms with Crippen LogP contribution in [0.1, 0.15) is 31.1 Å². The molecule has 0 fully saturated rings. The van der Waals surface area contributed by atoms with E-state index in [4.69, 9.17) is 14.2 Å². The van der Waals surface area contributed by atoms with Crippen molar-refractivity contribution in [1.82, 2.24) is 0 Å². The molecule has 0 spiro atoms. The van der Waals surface area contributed by atoms with Gasteiger partial charge in [-0.05, 0) is 32.9 Å². The SMILES string of the molecule is CCOC(=O)C(C)(C)Oc1ccc(C=O)c(OC)c1. The number of benzene rings is 1. The first-order chi connectivity index (χ1) is 8.94. The van der Waals surface area contributed by atoms with Crippen molar-refractivity contribution in [3.63, 3.8) is 0 Å². The molecule has 0 amide bonds. The van der Waals surface area contributed by atoms with Crippen LogP contribution in [0.3, 0.4) is 0 Å². The average Bonchev–Trinajstić information content (AvgIpc) is 2.38. The quantitative estimate of drug-likeness (QED) is 0.583. The van der Waals surface area contributed by atoms with Gasteiger partial charge in [-0.15, -0.1) is 0 Å². The highest BCUT2D eigenvalue weighted by Crippen LogP contribution is 2.26. The van der Waals surface area contributed by atoms with Gasteiger partial charge in [-0.1, -0.05) is 0 Å². The Morgan fingerprint density at radius 2 is 2.05 bits per heavy atom. The summed E-state index contributed by atoms with van der Waals surface area (Å²) in [7, 11) is 1.46. The van der Waals surface area contributed by atoms with E-state index in [0.717, 1.165) is 0 Å². The monoisotopic (exact) mass is 266 g/mol. The van der Waals surface area contributed by atoms with E-state index in [9.17, 15) is 9.59 Å². The largest absolute Gasteiger partial charge is 0.496 e. The third-order valence-corrected chi connectivity index (χ3v) is 2.47. The van der Waals surface area contributed by atoms with Gasteiger partial charge in [0.1, 0.15) is 11.5 Å². The Kier molecular flexibility index (Phi) is 4.92. The minimum atomic E-state index is -1.11. The molecule has 0 atom stereocenters. The molecule has 0 bridgehead atoms. The number of carbonyl (C=O) groups excluding carboxylic acids is 2. The molecule has 0 aliphatic heterocycles. The summed E-state index contributed by atoms with van der Waals surface area (Å²) >= 11 is 0. The normalized spacial score (nSPS) is 10.7. The Bertz CT molecular complexity index is 465. The van der Waals surface area contributed by atoms with Crippen LogP contribution in [-0.2, 0) is 9.53 Å². The van der Waals surface area contributed by atoms with Gasteiger partial charge in [-0.2, -0.15) is 0 Å². The number of aldehydes is 1. The number of esters is 1. The zero-order valence-electron chi connectivity index (χ0n) is 11.6. The van der Waals surface area contributed by atoms with Crippen molar-refractivity contribution in [3.05, 3.63) is 23.8 Å². The first kappa shape index (κ1) is 15.0. The molecular formula is C14H18O5. The van der Waals surface area contributed by atoms with Crippen LogP contribution in [0.5, 0.6) is 11.5 Å². The van der Waals surface area contributed by atoms with Gasteiger partial charge in [0.05, 0.1) is 19.3 Å². The van der Waals surface area contributed by atoms with E-state index >= 15 is 0 Å². The van der Waals surface area contributed by atoms with Crippen LogP contribution >= 0.6 is 0 Å². The van der Waals surface area contributed by atoms with Gasteiger partial charge in [0.25, 0.3) is 0 Å². The van der Waals surface area contributed by atoms with E-state index in [1.807, 2.05) is 0 Å². The fraction of sp³-hybridized carbons (Fsp3) is 0.429. The van der Waals surface area contributed by atoms with Crippen LogP contribution in [0.2, 0.25) is 0 Å². The molecule has 0 unspecified atom stereocenters. The molecule has 1 aromatic carbocycles. The molecule has 0 N–H and O–H groups in total. The highest BCUT2D eigenvalue weighted by molar-refractivity contribution is 5.80. The molecule has 5 heteroatoms. The van der Waals surface area contributed by atoms with Crippen LogP contribution in [0.15, 0.2) is 18.2 Å². The Labute approximate surface area is 112 Å². The standard InChI is InChI=1S/C14H18O5/c1-5-18-13(16)14(2,3)19-11-7-6-10(9-15)12(8-11)17-4/h6-9H,5H2,1-4H3. The van der Waals surface area contributed by atoms with Crippen LogP contribution in [0.4, 0.5) is 0 Å². The molecule has 1 aromatic rings. The molecule has 0 saturated heterocycles. The van der Waals surface area contributed by atoms with Crippen LogP contribution in [-0.4, -0.2) is 31.6 Å². The fourth-order valence-electron chi connectivity index (χ4n) is 1.49.